The highest BCUT2D eigenvalue weighted by Crippen LogP contribution is 2.23. The van der Waals surface area contributed by atoms with Gasteiger partial charge in [-0.3, -0.25) is 9.59 Å². The Bertz CT molecular complexity index is 851. The Morgan fingerprint density at radius 1 is 0.929 bits per heavy atom. The molecule has 1 fully saturated rings. The molecule has 2 aromatic rings. The molecule has 2 aromatic carbocycles. The molecule has 0 unspecified atom stereocenters. The summed E-state index contributed by atoms with van der Waals surface area (Å²) in [6, 6.07) is 14.7. The fourth-order valence-electron chi connectivity index (χ4n) is 3.24. The van der Waals surface area contributed by atoms with Crippen molar-refractivity contribution in [2.24, 2.45) is 5.41 Å². The third-order valence-corrected chi connectivity index (χ3v) is 5.15. The van der Waals surface area contributed by atoms with Crippen molar-refractivity contribution in [1.82, 2.24) is 4.90 Å². The quantitative estimate of drug-likeness (QED) is 0.837. The van der Waals surface area contributed by atoms with Crippen LogP contribution in [-0.4, -0.2) is 42.9 Å². The molecule has 0 aliphatic carbocycles. The number of hydrogen-bond donors (Lipinski definition) is 1. The van der Waals surface area contributed by atoms with Gasteiger partial charge in [0.05, 0.1) is 10.6 Å². The van der Waals surface area contributed by atoms with E-state index in [0.717, 1.165) is 37.6 Å². The molecular weight excluding hydrogens is 374 g/mol. The number of nitrogens with one attached hydrogen (secondary N) is 1. The van der Waals surface area contributed by atoms with E-state index in [0.29, 0.717) is 10.6 Å². The van der Waals surface area contributed by atoms with Crippen molar-refractivity contribution in [3.63, 3.8) is 0 Å². The monoisotopic (exact) mass is 399 g/mol. The Morgan fingerprint density at radius 3 is 2.11 bits per heavy atom. The molecule has 0 radical (unpaired) electrons. The van der Waals surface area contributed by atoms with Gasteiger partial charge in [-0.2, -0.15) is 0 Å². The predicted molar refractivity (Wildman–Crippen MR) is 114 cm³/mol. The van der Waals surface area contributed by atoms with Crippen LogP contribution in [0.1, 0.15) is 31.1 Å². The summed E-state index contributed by atoms with van der Waals surface area (Å²) in [6.45, 7) is 8.91. The van der Waals surface area contributed by atoms with Crippen LogP contribution in [0.25, 0.3) is 0 Å². The summed E-state index contributed by atoms with van der Waals surface area (Å²) in [7, 11) is 0. The average Bonchev–Trinajstić information content (AvgIpc) is 2.68. The van der Waals surface area contributed by atoms with E-state index in [-0.39, 0.29) is 17.2 Å². The lowest BCUT2D eigenvalue weighted by molar-refractivity contribution is -0.139. The molecule has 1 N–H and O–H groups in total. The van der Waals surface area contributed by atoms with Crippen LogP contribution in [0, 0.1) is 5.41 Å². The van der Waals surface area contributed by atoms with Gasteiger partial charge in [0.25, 0.3) is 5.91 Å². The van der Waals surface area contributed by atoms with Crippen LogP contribution < -0.4 is 10.2 Å². The van der Waals surface area contributed by atoms with E-state index in [1.165, 1.54) is 0 Å². The number of carbonyl (C=O) groups excluding carboxylic acids is 2. The van der Waals surface area contributed by atoms with Gasteiger partial charge in [-0.15, -0.1) is 0 Å². The van der Waals surface area contributed by atoms with Crippen molar-refractivity contribution in [1.29, 1.82) is 0 Å². The Morgan fingerprint density at radius 2 is 1.54 bits per heavy atom. The van der Waals surface area contributed by atoms with E-state index in [4.69, 9.17) is 11.6 Å². The summed E-state index contributed by atoms with van der Waals surface area (Å²) < 4.78 is 0. The highest BCUT2D eigenvalue weighted by molar-refractivity contribution is 6.34. The first-order chi connectivity index (χ1) is 13.3. The molecule has 5 nitrogen and oxygen atoms in total. The topological polar surface area (TPSA) is 52.7 Å². The molecule has 0 atom stereocenters. The summed E-state index contributed by atoms with van der Waals surface area (Å²) in [5.41, 5.74) is 1.91. The predicted octanol–water partition coefficient (Wildman–Crippen LogP) is 4.29. The number of carbonyl (C=O) groups is 2. The average molecular weight is 400 g/mol. The first kappa shape index (κ1) is 20.2. The number of anilines is 2. The van der Waals surface area contributed by atoms with E-state index in [1.54, 1.807) is 24.3 Å². The lowest BCUT2D eigenvalue weighted by Crippen LogP contribution is -2.51. The van der Waals surface area contributed by atoms with Gasteiger partial charge in [-0.05, 0) is 36.4 Å². The molecule has 3 rings (SSSR count). The molecule has 0 saturated carbocycles. The van der Waals surface area contributed by atoms with Gasteiger partial charge in [0.2, 0.25) is 5.91 Å². The fraction of sp³-hybridized carbons (Fsp3) is 0.364. The van der Waals surface area contributed by atoms with Gasteiger partial charge in [0.1, 0.15) is 0 Å². The second-order valence-electron chi connectivity index (χ2n) is 8.01. The third-order valence-electron chi connectivity index (χ3n) is 4.82. The molecule has 1 saturated heterocycles. The van der Waals surface area contributed by atoms with Gasteiger partial charge in [-0.1, -0.05) is 44.5 Å². The zero-order chi connectivity index (χ0) is 20.3. The molecule has 1 aliphatic heterocycles. The summed E-state index contributed by atoms with van der Waals surface area (Å²) in [6.07, 6.45) is 0. The molecule has 1 heterocycles. The van der Waals surface area contributed by atoms with E-state index < -0.39 is 0 Å². The minimum Gasteiger partial charge on any atom is -0.368 e. The van der Waals surface area contributed by atoms with Crippen LogP contribution in [0.4, 0.5) is 11.4 Å². The molecule has 0 bridgehead atoms. The largest absolute Gasteiger partial charge is 0.368 e. The van der Waals surface area contributed by atoms with Crippen molar-refractivity contribution in [2.45, 2.75) is 20.8 Å². The summed E-state index contributed by atoms with van der Waals surface area (Å²) >= 11 is 6.08. The summed E-state index contributed by atoms with van der Waals surface area (Å²) in [4.78, 5) is 29.0. The van der Waals surface area contributed by atoms with Crippen molar-refractivity contribution < 1.29 is 9.59 Å². The van der Waals surface area contributed by atoms with E-state index in [1.807, 2.05) is 49.9 Å². The fourth-order valence-corrected chi connectivity index (χ4v) is 3.46. The maximum absolute atomic E-state index is 12.4. The van der Waals surface area contributed by atoms with Gasteiger partial charge >= 0.3 is 0 Å². The Labute approximate surface area is 171 Å². The van der Waals surface area contributed by atoms with Crippen LogP contribution in [0.3, 0.4) is 0 Å². The lowest BCUT2D eigenvalue weighted by Gasteiger charge is -2.38. The maximum Gasteiger partial charge on any atom is 0.257 e. The number of rotatable bonds is 3. The Balaban J connectivity index is 1.59. The SMILES string of the molecule is CC(C)(C)C(=O)N1CCN(c2ccc(NC(=O)c3ccccc3Cl)cc2)CC1. The highest BCUT2D eigenvalue weighted by atomic mass is 35.5. The number of amides is 2. The van der Waals surface area contributed by atoms with Crippen molar-refractivity contribution in [3.8, 4) is 0 Å². The van der Waals surface area contributed by atoms with Gasteiger partial charge in [0.15, 0.2) is 0 Å². The summed E-state index contributed by atoms with van der Waals surface area (Å²) in [5.74, 6) is -0.0301. The second kappa shape index (κ2) is 8.23. The molecule has 1 aliphatic rings. The van der Waals surface area contributed by atoms with Crippen LogP contribution >= 0.6 is 11.6 Å². The molecule has 6 heteroatoms. The standard InChI is InChI=1S/C22H26ClN3O2/c1-22(2,3)21(28)26-14-12-25(13-15-26)17-10-8-16(9-11-17)24-20(27)18-6-4-5-7-19(18)23/h4-11H,12-15H2,1-3H3,(H,24,27). The molecule has 148 valence electrons. The Hall–Kier alpha value is -2.53. The normalized spacial score (nSPS) is 14.7. The van der Waals surface area contributed by atoms with Gasteiger partial charge in [0, 0.05) is 43.0 Å². The number of halogens is 1. The minimum atomic E-state index is -0.344. The van der Waals surface area contributed by atoms with Crippen LogP contribution in [-0.2, 0) is 4.79 Å². The lowest BCUT2D eigenvalue weighted by atomic mass is 9.94. The van der Waals surface area contributed by atoms with E-state index >= 15 is 0 Å². The van der Waals surface area contributed by atoms with Crippen molar-refractivity contribution in [3.05, 3.63) is 59.1 Å². The number of piperazine rings is 1. The molecular formula is C22H26ClN3O2. The van der Waals surface area contributed by atoms with Gasteiger partial charge < -0.3 is 15.1 Å². The third kappa shape index (κ3) is 4.65. The molecule has 28 heavy (non-hydrogen) atoms. The number of nitrogens with zero attached hydrogens (tertiary/aromatic N) is 2. The second-order valence-corrected chi connectivity index (χ2v) is 8.42. The van der Waals surface area contributed by atoms with Crippen LogP contribution in [0.2, 0.25) is 5.02 Å². The van der Waals surface area contributed by atoms with Crippen molar-refractivity contribution >= 4 is 34.8 Å². The maximum atomic E-state index is 12.4. The smallest absolute Gasteiger partial charge is 0.257 e. The van der Waals surface area contributed by atoms with E-state index in [9.17, 15) is 9.59 Å². The van der Waals surface area contributed by atoms with Crippen molar-refractivity contribution in [2.75, 3.05) is 36.4 Å². The zero-order valence-electron chi connectivity index (χ0n) is 16.5. The molecule has 2 amide bonds. The number of benzene rings is 2. The van der Waals surface area contributed by atoms with Crippen LogP contribution in [0.15, 0.2) is 48.5 Å². The zero-order valence-corrected chi connectivity index (χ0v) is 17.3. The molecule has 0 spiro atoms. The Kier molecular flexibility index (Phi) is 5.94. The van der Waals surface area contributed by atoms with E-state index in [2.05, 4.69) is 10.2 Å². The minimum absolute atomic E-state index is 0.199. The summed E-state index contributed by atoms with van der Waals surface area (Å²) in [5, 5.41) is 3.30. The first-order valence-electron chi connectivity index (χ1n) is 9.46. The number of hydrogen-bond acceptors (Lipinski definition) is 3. The van der Waals surface area contributed by atoms with Gasteiger partial charge in [-0.25, -0.2) is 0 Å². The van der Waals surface area contributed by atoms with Crippen LogP contribution in [0.5, 0.6) is 0 Å². The highest BCUT2D eigenvalue weighted by Gasteiger charge is 2.29. The molecule has 0 aromatic heterocycles. The first-order valence-corrected chi connectivity index (χ1v) is 9.84.